The number of carbonyl (C=O) groups is 2. The number of pyridine rings is 1. The van der Waals surface area contributed by atoms with Gasteiger partial charge in [0, 0.05) is 42.3 Å². The molecule has 8 heteroatoms. The summed E-state index contributed by atoms with van der Waals surface area (Å²) in [5.41, 5.74) is 1.73. The molecule has 4 heterocycles. The number of likely N-dealkylation sites (tertiary alicyclic amines) is 1. The predicted molar refractivity (Wildman–Crippen MR) is 106 cm³/mol. The van der Waals surface area contributed by atoms with E-state index in [1.165, 1.54) is 12.7 Å². The molecule has 3 aromatic heterocycles. The molecule has 0 aromatic carbocycles. The fourth-order valence-electron chi connectivity index (χ4n) is 4.06. The van der Waals surface area contributed by atoms with Gasteiger partial charge in [0.15, 0.2) is 11.6 Å². The van der Waals surface area contributed by atoms with Crippen molar-refractivity contribution in [3.63, 3.8) is 0 Å². The second-order valence-corrected chi connectivity index (χ2v) is 8.11. The first-order valence-electron chi connectivity index (χ1n) is 10.1. The highest BCUT2D eigenvalue weighted by Gasteiger charge is 2.35. The normalized spacial score (nSPS) is 22.0. The number of carbonyl (C=O) groups excluding carboxylic acids is 2. The van der Waals surface area contributed by atoms with Crippen molar-refractivity contribution in [2.45, 2.75) is 38.1 Å². The predicted octanol–water partition coefficient (Wildman–Crippen LogP) is 2.71. The summed E-state index contributed by atoms with van der Waals surface area (Å²) >= 11 is 0. The average molecular weight is 393 g/mol. The summed E-state index contributed by atoms with van der Waals surface area (Å²) in [5.74, 6) is 0.833. The number of rotatable bonds is 4. The van der Waals surface area contributed by atoms with Crippen LogP contribution >= 0.6 is 0 Å². The molecule has 2 amide bonds. The van der Waals surface area contributed by atoms with Crippen LogP contribution in [0.3, 0.4) is 0 Å². The monoisotopic (exact) mass is 393 g/mol. The summed E-state index contributed by atoms with van der Waals surface area (Å²) in [7, 11) is 0. The standard InChI is InChI=1S/C21H23N5O3/c1-12-9-26(21(28)16-7-14-8-22-6-5-15(14)23-16)10-17(12)24-19(27)18-11-29-20(25-18)13-3-2-4-13/h5-8,11-13,17,23H,2-4,9-10H2,1H3,(H,24,27). The van der Waals surface area contributed by atoms with Crippen LogP contribution in [0, 0.1) is 5.92 Å². The van der Waals surface area contributed by atoms with Crippen molar-refractivity contribution in [1.29, 1.82) is 0 Å². The minimum atomic E-state index is -0.248. The Hall–Kier alpha value is -3.16. The third-order valence-corrected chi connectivity index (χ3v) is 6.08. The number of nitrogens with one attached hydrogen (secondary N) is 2. The highest BCUT2D eigenvalue weighted by atomic mass is 16.3. The first kappa shape index (κ1) is 17.9. The van der Waals surface area contributed by atoms with Crippen molar-refractivity contribution in [3.05, 3.63) is 48.1 Å². The number of hydrogen-bond acceptors (Lipinski definition) is 5. The van der Waals surface area contributed by atoms with Gasteiger partial charge in [-0.2, -0.15) is 0 Å². The van der Waals surface area contributed by atoms with Crippen LogP contribution in [0.2, 0.25) is 0 Å². The van der Waals surface area contributed by atoms with E-state index in [1.807, 2.05) is 19.1 Å². The lowest BCUT2D eigenvalue weighted by Gasteiger charge is -2.21. The van der Waals surface area contributed by atoms with Gasteiger partial charge in [-0.25, -0.2) is 4.98 Å². The quantitative estimate of drug-likeness (QED) is 0.709. The number of H-pyrrole nitrogens is 1. The molecule has 2 atom stereocenters. The summed E-state index contributed by atoms with van der Waals surface area (Å²) in [6.45, 7) is 3.09. The van der Waals surface area contributed by atoms with E-state index < -0.39 is 0 Å². The molecule has 5 rings (SSSR count). The maximum absolute atomic E-state index is 12.9. The van der Waals surface area contributed by atoms with Gasteiger partial charge in [0.25, 0.3) is 11.8 Å². The molecule has 1 aliphatic heterocycles. The van der Waals surface area contributed by atoms with Crippen LogP contribution in [-0.4, -0.2) is 50.8 Å². The van der Waals surface area contributed by atoms with E-state index in [0.717, 1.165) is 23.7 Å². The van der Waals surface area contributed by atoms with Gasteiger partial charge in [-0.15, -0.1) is 0 Å². The molecular weight excluding hydrogens is 370 g/mol. The van der Waals surface area contributed by atoms with E-state index in [-0.39, 0.29) is 23.8 Å². The highest BCUT2D eigenvalue weighted by molar-refractivity contribution is 5.98. The number of aromatic amines is 1. The van der Waals surface area contributed by atoms with Gasteiger partial charge < -0.3 is 19.6 Å². The number of fused-ring (bicyclic) bond motifs is 1. The Morgan fingerprint density at radius 1 is 1.31 bits per heavy atom. The minimum absolute atomic E-state index is 0.0708. The van der Waals surface area contributed by atoms with Crippen molar-refractivity contribution in [3.8, 4) is 0 Å². The van der Waals surface area contributed by atoms with Gasteiger partial charge in [-0.1, -0.05) is 13.3 Å². The molecule has 2 N–H and O–H groups in total. The SMILES string of the molecule is CC1CN(C(=O)c2cc3cnccc3[nH]2)CC1NC(=O)c1coc(C2CCC2)n1. The maximum Gasteiger partial charge on any atom is 0.273 e. The summed E-state index contributed by atoms with van der Waals surface area (Å²) in [5, 5.41) is 3.92. The molecule has 0 radical (unpaired) electrons. The third kappa shape index (κ3) is 3.28. The number of oxazole rings is 1. The van der Waals surface area contributed by atoms with Gasteiger partial charge in [-0.3, -0.25) is 14.6 Å². The van der Waals surface area contributed by atoms with Crippen molar-refractivity contribution < 1.29 is 14.0 Å². The van der Waals surface area contributed by atoms with Crippen molar-refractivity contribution in [2.75, 3.05) is 13.1 Å². The molecule has 0 bridgehead atoms. The topological polar surface area (TPSA) is 104 Å². The Bertz CT molecular complexity index is 1030. The molecule has 1 saturated heterocycles. The fraction of sp³-hybridized carbons (Fsp3) is 0.429. The lowest BCUT2D eigenvalue weighted by Crippen LogP contribution is -2.40. The van der Waals surface area contributed by atoms with Crippen LogP contribution in [0.4, 0.5) is 0 Å². The molecule has 2 aliphatic rings. The second kappa shape index (κ2) is 7.02. The zero-order valence-electron chi connectivity index (χ0n) is 16.2. The van der Waals surface area contributed by atoms with Gasteiger partial charge >= 0.3 is 0 Å². The van der Waals surface area contributed by atoms with Crippen molar-refractivity contribution in [1.82, 2.24) is 25.2 Å². The first-order chi connectivity index (χ1) is 14.1. The molecular formula is C21H23N5O3. The van der Waals surface area contributed by atoms with Gasteiger partial charge in [-0.05, 0) is 30.9 Å². The molecule has 29 heavy (non-hydrogen) atoms. The van der Waals surface area contributed by atoms with E-state index in [4.69, 9.17) is 4.42 Å². The van der Waals surface area contributed by atoms with E-state index >= 15 is 0 Å². The summed E-state index contributed by atoms with van der Waals surface area (Å²) < 4.78 is 5.48. The van der Waals surface area contributed by atoms with Crippen LogP contribution in [0.25, 0.3) is 10.9 Å². The molecule has 8 nitrogen and oxygen atoms in total. The minimum Gasteiger partial charge on any atom is -0.448 e. The number of hydrogen-bond donors (Lipinski definition) is 2. The smallest absolute Gasteiger partial charge is 0.273 e. The van der Waals surface area contributed by atoms with E-state index in [0.29, 0.717) is 36.3 Å². The Balaban J connectivity index is 1.24. The average Bonchev–Trinajstić information content (AvgIpc) is 3.38. The summed E-state index contributed by atoms with van der Waals surface area (Å²) in [4.78, 5) is 38.9. The van der Waals surface area contributed by atoms with Gasteiger partial charge in [0.1, 0.15) is 12.0 Å². The molecule has 1 saturated carbocycles. The zero-order valence-corrected chi connectivity index (χ0v) is 16.2. The summed E-state index contributed by atoms with van der Waals surface area (Å²) in [6, 6.07) is 3.54. The maximum atomic E-state index is 12.9. The third-order valence-electron chi connectivity index (χ3n) is 6.08. The van der Waals surface area contributed by atoms with Crippen LogP contribution in [0.1, 0.15) is 59.0 Å². The van der Waals surface area contributed by atoms with E-state index in [2.05, 4.69) is 20.3 Å². The Morgan fingerprint density at radius 3 is 2.93 bits per heavy atom. The number of nitrogens with zero attached hydrogens (tertiary/aromatic N) is 3. The van der Waals surface area contributed by atoms with Crippen molar-refractivity contribution >= 4 is 22.7 Å². The fourth-order valence-corrected chi connectivity index (χ4v) is 4.06. The lowest BCUT2D eigenvalue weighted by molar-refractivity contribution is 0.0776. The van der Waals surface area contributed by atoms with Gasteiger partial charge in [0.2, 0.25) is 0 Å². The number of amides is 2. The second-order valence-electron chi connectivity index (χ2n) is 8.11. The van der Waals surface area contributed by atoms with Gasteiger partial charge in [0.05, 0.1) is 6.04 Å². The Morgan fingerprint density at radius 2 is 2.17 bits per heavy atom. The van der Waals surface area contributed by atoms with Crippen LogP contribution < -0.4 is 5.32 Å². The molecule has 0 spiro atoms. The number of aromatic nitrogens is 3. The first-order valence-corrected chi connectivity index (χ1v) is 10.1. The lowest BCUT2D eigenvalue weighted by atomic mass is 9.85. The zero-order chi connectivity index (χ0) is 20.0. The Kier molecular flexibility index (Phi) is 4.34. The molecule has 150 valence electrons. The van der Waals surface area contributed by atoms with Crippen LogP contribution in [-0.2, 0) is 0 Å². The van der Waals surface area contributed by atoms with Crippen LogP contribution in [0.15, 0.2) is 35.2 Å². The highest BCUT2D eigenvalue weighted by Crippen LogP contribution is 2.35. The largest absolute Gasteiger partial charge is 0.448 e. The molecule has 1 aliphatic carbocycles. The molecule has 2 fully saturated rings. The summed E-state index contributed by atoms with van der Waals surface area (Å²) in [6.07, 6.45) is 8.18. The molecule has 2 unspecified atom stereocenters. The van der Waals surface area contributed by atoms with E-state index in [9.17, 15) is 9.59 Å². The van der Waals surface area contributed by atoms with Crippen LogP contribution in [0.5, 0.6) is 0 Å². The Labute approximate surface area is 167 Å². The van der Waals surface area contributed by atoms with E-state index in [1.54, 1.807) is 17.3 Å². The molecule has 3 aromatic rings. The van der Waals surface area contributed by atoms with Crippen molar-refractivity contribution in [2.24, 2.45) is 5.92 Å².